The van der Waals surface area contributed by atoms with Gasteiger partial charge in [0, 0.05) is 17.8 Å². The molecule has 0 radical (unpaired) electrons. The Kier molecular flexibility index (Phi) is 7.30. The standard InChI is InChI=1S/C31H35FN2O2/c1-20-10-6-11-21(2)27(20)30(36)34-17-9-16-26(28(34)22-12-7-14-24(32)18-22)29(35)33-25-15-8-13-23(19-25)31(3,4)5/h6-8,10-15,18-19,26,28H,9,16-17H2,1-5H3,(H,33,35)/t26-,28-/m0/s1. The summed E-state index contributed by atoms with van der Waals surface area (Å²) in [4.78, 5) is 29.4. The summed E-state index contributed by atoms with van der Waals surface area (Å²) in [5.74, 6) is -1.16. The monoisotopic (exact) mass is 486 g/mol. The molecular weight excluding hydrogens is 451 g/mol. The van der Waals surface area contributed by atoms with Gasteiger partial charge >= 0.3 is 0 Å². The van der Waals surface area contributed by atoms with Gasteiger partial charge in [-0.1, -0.05) is 63.2 Å². The Morgan fingerprint density at radius 2 is 1.61 bits per heavy atom. The summed E-state index contributed by atoms with van der Waals surface area (Å²) in [7, 11) is 0. The van der Waals surface area contributed by atoms with E-state index < -0.39 is 12.0 Å². The van der Waals surface area contributed by atoms with Crippen molar-refractivity contribution in [2.75, 3.05) is 11.9 Å². The Balaban J connectivity index is 1.71. The van der Waals surface area contributed by atoms with Crippen molar-refractivity contribution >= 4 is 17.5 Å². The van der Waals surface area contributed by atoms with Gasteiger partial charge in [0.2, 0.25) is 5.91 Å². The van der Waals surface area contributed by atoms with E-state index in [0.29, 0.717) is 30.5 Å². The zero-order valence-corrected chi connectivity index (χ0v) is 21.8. The highest BCUT2D eigenvalue weighted by Gasteiger charge is 2.40. The van der Waals surface area contributed by atoms with E-state index in [0.717, 1.165) is 22.4 Å². The largest absolute Gasteiger partial charge is 0.331 e. The van der Waals surface area contributed by atoms with Crippen LogP contribution in [0, 0.1) is 25.6 Å². The van der Waals surface area contributed by atoms with Crippen molar-refractivity contribution < 1.29 is 14.0 Å². The Bertz CT molecular complexity index is 1260. The average Bonchev–Trinajstić information content (AvgIpc) is 2.83. The predicted octanol–water partition coefficient (Wildman–Crippen LogP) is 6.97. The van der Waals surface area contributed by atoms with Crippen LogP contribution in [0.4, 0.5) is 10.1 Å². The molecule has 0 bridgehead atoms. The maximum absolute atomic E-state index is 14.3. The number of nitrogens with one attached hydrogen (secondary N) is 1. The number of hydrogen-bond acceptors (Lipinski definition) is 2. The normalized spacial score (nSPS) is 18.1. The number of benzene rings is 3. The van der Waals surface area contributed by atoms with Gasteiger partial charge in [-0.2, -0.15) is 0 Å². The lowest BCUT2D eigenvalue weighted by molar-refractivity contribution is -0.123. The second kappa shape index (κ2) is 10.3. The topological polar surface area (TPSA) is 49.4 Å². The molecule has 36 heavy (non-hydrogen) atoms. The number of rotatable bonds is 4. The molecule has 1 aliphatic rings. The number of hydrogen-bond donors (Lipinski definition) is 1. The van der Waals surface area contributed by atoms with Crippen LogP contribution in [-0.4, -0.2) is 23.3 Å². The number of likely N-dealkylation sites (tertiary alicyclic amines) is 1. The lowest BCUT2D eigenvalue weighted by Gasteiger charge is -2.41. The molecule has 1 aliphatic heterocycles. The molecular formula is C31H35FN2O2. The summed E-state index contributed by atoms with van der Waals surface area (Å²) in [6, 6.07) is 19.4. The molecule has 1 heterocycles. The van der Waals surface area contributed by atoms with Crippen LogP contribution in [0.3, 0.4) is 0 Å². The lowest BCUT2D eigenvalue weighted by Crippen LogP contribution is -2.46. The summed E-state index contributed by atoms with van der Waals surface area (Å²) >= 11 is 0. The van der Waals surface area contributed by atoms with E-state index in [2.05, 4.69) is 32.2 Å². The third-order valence-electron chi connectivity index (χ3n) is 7.11. The third kappa shape index (κ3) is 5.35. The van der Waals surface area contributed by atoms with Gasteiger partial charge < -0.3 is 10.2 Å². The molecule has 3 aromatic rings. The van der Waals surface area contributed by atoms with Crippen LogP contribution in [0.2, 0.25) is 0 Å². The fourth-order valence-electron chi connectivity index (χ4n) is 5.19. The zero-order chi connectivity index (χ0) is 26.0. The van der Waals surface area contributed by atoms with E-state index in [9.17, 15) is 14.0 Å². The molecule has 5 heteroatoms. The van der Waals surface area contributed by atoms with Crippen LogP contribution in [-0.2, 0) is 10.2 Å². The summed E-state index contributed by atoms with van der Waals surface area (Å²) in [5, 5.41) is 3.09. The van der Waals surface area contributed by atoms with Gasteiger partial charge in [0.05, 0.1) is 12.0 Å². The average molecular weight is 487 g/mol. The molecule has 1 fully saturated rings. The third-order valence-corrected chi connectivity index (χ3v) is 7.11. The maximum Gasteiger partial charge on any atom is 0.254 e. The minimum Gasteiger partial charge on any atom is -0.331 e. The minimum atomic E-state index is -0.563. The highest BCUT2D eigenvalue weighted by molar-refractivity contribution is 5.99. The first kappa shape index (κ1) is 25.6. The van der Waals surface area contributed by atoms with Gasteiger partial charge in [-0.15, -0.1) is 0 Å². The Labute approximate surface area is 213 Å². The van der Waals surface area contributed by atoms with Gasteiger partial charge in [0.15, 0.2) is 0 Å². The summed E-state index contributed by atoms with van der Waals surface area (Å²) in [5.41, 5.74) is 4.87. The molecule has 4 nitrogen and oxygen atoms in total. The molecule has 1 N–H and O–H groups in total. The van der Waals surface area contributed by atoms with Crippen LogP contribution in [0.1, 0.15) is 72.3 Å². The highest BCUT2D eigenvalue weighted by atomic mass is 19.1. The van der Waals surface area contributed by atoms with Crippen LogP contribution in [0.25, 0.3) is 0 Å². The summed E-state index contributed by atoms with van der Waals surface area (Å²) in [6.45, 7) is 10.8. The Hall–Kier alpha value is -3.47. The van der Waals surface area contributed by atoms with E-state index in [4.69, 9.17) is 0 Å². The van der Waals surface area contributed by atoms with E-state index in [-0.39, 0.29) is 23.0 Å². The quantitative estimate of drug-likeness (QED) is 0.433. The first-order valence-electron chi connectivity index (χ1n) is 12.6. The first-order valence-corrected chi connectivity index (χ1v) is 12.6. The Morgan fingerprint density at radius 3 is 2.28 bits per heavy atom. The molecule has 188 valence electrons. The number of piperidine rings is 1. The minimum absolute atomic E-state index is 0.0513. The second-order valence-corrected chi connectivity index (χ2v) is 10.8. The van der Waals surface area contributed by atoms with Crippen LogP contribution >= 0.6 is 0 Å². The number of amides is 2. The van der Waals surface area contributed by atoms with Crippen molar-refractivity contribution in [3.63, 3.8) is 0 Å². The van der Waals surface area contributed by atoms with E-state index in [1.165, 1.54) is 12.1 Å². The number of anilines is 1. The highest BCUT2D eigenvalue weighted by Crippen LogP contribution is 2.39. The summed E-state index contributed by atoms with van der Waals surface area (Å²) in [6.07, 6.45) is 1.31. The molecule has 0 spiro atoms. The maximum atomic E-state index is 14.3. The molecule has 0 aliphatic carbocycles. The molecule has 3 aromatic carbocycles. The summed E-state index contributed by atoms with van der Waals surface area (Å²) < 4.78 is 14.3. The molecule has 0 aromatic heterocycles. The molecule has 1 saturated heterocycles. The van der Waals surface area contributed by atoms with E-state index in [1.54, 1.807) is 11.0 Å². The SMILES string of the molecule is Cc1cccc(C)c1C(=O)N1CCC[C@H](C(=O)Nc2cccc(C(C)(C)C)c2)[C@@H]1c1cccc(F)c1. The number of carbonyl (C=O) groups is 2. The van der Waals surface area contributed by atoms with Crippen LogP contribution < -0.4 is 5.32 Å². The Morgan fingerprint density at radius 1 is 0.944 bits per heavy atom. The van der Waals surface area contributed by atoms with Gasteiger partial charge in [-0.3, -0.25) is 9.59 Å². The second-order valence-electron chi connectivity index (χ2n) is 10.8. The fraction of sp³-hybridized carbons (Fsp3) is 0.355. The van der Waals surface area contributed by atoms with Crippen molar-refractivity contribution in [3.05, 3.63) is 100 Å². The van der Waals surface area contributed by atoms with Crippen LogP contribution in [0.5, 0.6) is 0 Å². The fourth-order valence-corrected chi connectivity index (χ4v) is 5.19. The van der Waals surface area contributed by atoms with Gasteiger partial charge in [0.1, 0.15) is 5.82 Å². The number of carbonyl (C=O) groups excluding carboxylic acids is 2. The van der Waals surface area contributed by atoms with Crippen LogP contribution in [0.15, 0.2) is 66.7 Å². The van der Waals surface area contributed by atoms with Crippen molar-refractivity contribution in [1.29, 1.82) is 0 Å². The predicted molar refractivity (Wildman–Crippen MR) is 143 cm³/mol. The van der Waals surface area contributed by atoms with E-state index >= 15 is 0 Å². The molecule has 0 saturated carbocycles. The molecule has 2 atom stereocenters. The number of nitrogens with zero attached hydrogens (tertiary/aromatic N) is 1. The lowest BCUT2D eigenvalue weighted by atomic mass is 9.83. The molecule has 4 rings (SSSR count). The number of aryl methyl sites for hydroxylation is 2. The van der Waals surface area contributed by atoms with Crippen molar-refractivity contribution in [3.8, 4) is 0 Å². The first-order chi connectivity index (χ1) is 17.1. The molecule has 0 unspecified atom stereocenters. The van der Waals surface area contributed by atoms with Crippen molar-refractivity contribution in [2.45, 2.75) is 58.9 Å². The molecule has 2 amide bonds. The van der Waals surface area contributed by atoms with Gasteiger partial charge in [-0.05, 0) is 78.6 Å². The van der Waals surface area contributed by atoms with Gasteiger partial charge in [-0.25, -0.2) is 4.39 Å². The number of halogens is 1. The van der Waals surface area contributed by atoms with Crippen molar-refractivity contribution in [2.24, 2.45) is 5.92 Å². The zero-order valence-electron chi connectivity index (χ0n) is 21.8. The van der Waals surface area contributed by atoms with Gasteiger partial charge in [0.25, 0.3) is 5.91 Å². The smallest absolute Gasteiger partial charge is 0.254 e. The van der Waals surface area contributed by atoms with E-state index in [1.807, 2.05) is 56.3 Å². The van der Waals surface area contributed by atoms with Crippen molar-refractivity contribution in [1.82, 2.24) is 4.90 Å².